The standard InChI is InChI=1S/C19H29N5O2/c1-15-13-17-23(18(25)7-8-24(17)20-15)14-19(26)22-11-9-21(10-12-22)16-5-3-2-4-6-16/h13,16H,2-12,14H2,1H3. The van der Waals surface area contributed by atoms with Crippen molar-refractivity contribution in [2.75, 3.05) is 37.6 Å². The highest BCUT2D eigenvalue weighted by atomic mass is 16.2. The van der Waals surface area contributed by atoms with Crippen molar-refractivity contribution in [2.24, 2.45) is 0 Å². The summed E-state index contributed by atoms with van der Waals surface area (Å²) in [5.41, 5.74) is 0.883. The number of hydrogen-bond donors (Lipinski definition) is 0. The molecule has 3 aliphatic rings. The first-order valence-electron chi connectivity index (χ1n) is 9.98. The summed E-state index contributed by atoms with van der Waals surface area (Å²) in [4.78, 5) is 31.2. The van der Waals surface area contributed by atoms with Crippen LogP contribution in [-0.4, -0.2) is 70.2 Å². The molecule has 0 unspecified atom stereocenters. The summed E-state index contributed by atoms with van der Waals surface area (Å²) >= 11 is 0. The van der Waals surface area contributed by atoms with Gasteiger partial charge in [-0.25, -0.2) is 4.68 Å². The van der Waals surface area contributed by atoms with E-state index in [1.807, 2.05) is 22.6 Å². The highest BCUT2D eigenvalue weighted by Crippen LogP contribution is 2.25. The largest absolute Gasteiger partial charge is 0.339 e. The second-order valence-electron chi connectivity index (χ2n) is 7.81. The lowest BCUT2D eigenvalue weighted by atomic mass is 9.94. The van der Waals surface area contributed by atoms with Crippen molar-refractivity contribution in [3.63, 3.8) is 0 Å². The quantitative estimate of drug-likeness (QED) is 0.819. The van der Waals surface area contributed by atoms with Crippen LogP contribution < -0.4 is 4.90 Å². The van der Waals surface area contributed by atoms with Crippen LogP contribution in [0.4, 0.5) is 5.82 Å². The number of piperazine rings is 1. The average Bonchev–Trinajstić information content (AvgIpc) is 3.05. The van der Waals surface area contributed by atoms with Gasteiger partial charge in [-0.15, -0.1) is 0 Å². The molecular formula is C19H29N5O2. The third kappa shape index (κ3) is 3.49. The van der Waals surface area contributed by atoms with E-state index in [0.29, 0.717) is 19.0 Å². The molecule has 0 aromatic carbocycles. The summed E-state index contributed by atoms with van der Waals surface area (Å²) in [5, 5.41) is 4.41. The maximum atomic E-state index is 12.8. The van der Waals surface area contributed by atoms with E-state index in [1.165, 1.54) is 32.1 Å². The van der Waals surface area contributed by atoms with Crippen molar-refractivity contribution in [1.29, 1.82) is 0 Å². The first kappa shape index (κ1) is 17.5. The lowest BCUT2D eigenvalue weighted by Gasteiger charge is -2.41. The molecule has 0 bridgehead atoms. The van der Waals surface area contributed by atoms with Crippen molar-refractivity contribution in [3.05, 3.63) is 11.8 Å². The van der Waals surface area contributed by atoms with Gasteiger partial charge in [0.05, 0.1) is 12.2 Å². The van der Waals surface area contributed by atoms with Crippen molar-refractivity contribution in [1.82, 2.24) is 19.6 Å². The highest BCUT2D eigenvalue weighted by Gasteiger charge is 2.31. The first-order chi connectivity index (χ1) is 12.6. The van der Waals surface area contributed by atoms with E-state index in [2.05, 4.69) is 10.00 Å². The Hall–Kier alpha value is -1.89. The Morgan fingerprint density at radius 2 is 1.85 bits per heavy atom. The molecule has 7 nitrogen and oxygen atoms in total. The number of anilines is 1. The molecule has 0 spiro atoms. The Bertz CT molecular complexity index is 671. The normalized spacial score (nSPS) is 22.6. The second-order valence-corrected chi connectivity index (χ2v) is 7.81. The minimum absolute atomic E-state index is 0.0200. The molecule has 0 atom stereocenters. The van der Waals surface area contributed by atoms with E-state index in [4.69, 9.17) is 0 Å². The van der Waals surface area contributed by atoms with E-state index in [-0.39, 0.29) is 18.4 Å². The van der Waals surface area contributed by atoms with Crippen LogP contribution in [0.25, 0.3) is 0 Å². The molecule has 2 amide bonds. The van der Waals surface area contributed by atoms with Crippen LogP contribution in [0.3, 0.4) is 0 Å². The molecule has 1 aromatic heterocycles. The van der Waals surface area contributed by atoms with Crippen molar-refractivity contribution in [2.45, 2.75) is 58.0 Å². The Balaban J connectivity index is 1.35. The van der Waals surface area contributed by atoms with Crippen molar-refractivity contribution >= 4 is 17.6 Å². The first-order valence-corrected chi connectivity index (χ1v) is 9.98. The molecule has 142 valence electrons. The number of hydrogen-bond acceptors (Lipinski definition) is 4. The lowest BCUT2D eigenvalue weighted by molar-refractivity contribution is -0.133. The molecule has 3 heterocycles. The van der Waals surface area contributed by atoms with E-state index in [1.54, 1.807) is 4.90 Å². The van der Waals surface area contributed by atoms with Gasteiger partial charge in [-0.3, -0.25) is 19.4 Å². The third-order valence-corrected chi connectivity index (χ3v) is 6.05. The predicted octanol–water partition coefficient (Wildman–Crippen LogP) is 1.41. The van der Waals surface area contributed by atoms with Crippen molar-refractivity contribution in [3.8, 4) is 0 Å². The van der Waals surface area contributed by atoms with E-state index < -0.39 is 0 Å². The fraction of sp³-hybridized carbons (Fsp3) is 0.737. The zero-order chi connectivity index (χ0) is 18.1. The van der Waals surface area contributed by atoms with Gasteiger partial charge in [0.15, 0.2) is 0 Å². The smallest absolute Gasteiger partial charge is 0.242 e. The summed E-state index contributed by atoms with van der Waals surface area (Å²) in [6, 6.07) is 2.60. The van der Waals surface area contributed by atoms with E-state index in [9.17, 15) is 9.59 Å². The SMILES string of the molecule is Cc1cc2n(n1)CCC(=O)N2CC(=O)N1CCN(C2CCCCC2)CC1. The maximum absolute atomic E-state index is 12.8. The van der Waals surface area contributed by atoms with Gasteiger partial charge in [0.2, 0.25) is 11.8 Å². The zero-order valence-electron chi connectivity index (χ0n) is 15.7. The van der Waals surface area contributed by atoms with Gasteiger partial charge < -0.3 is 4.90 Å². The minimum Gasteiger partial charge on any atom is -0.339 e. The molecule has 0 radical (unpaired) electrons. The van der Waals surface area contributed by atoms with Gasteiger partial charge in [0.1, 0.15) is 12.4 Å². The Labute approximate surface area is 154 Å². The van der Waals surface area contributed by atoms with Crippen LogP contribution >= 0.6 is 0 Å². The molecule has 1 saturated carbocycles. The predicted molar refractivity (Wildman–Crippen MR) is 99.0 cm³/mol. The van der Waals surface area contributed by atoms with Crippen LogP contribution in [0, 0.1) is 6.92 Å². The number of carbonyl (C=O) groups excluding carboxylic acids is 2. The second kappa shape index (κ2) is 7.39. The summed E-state index contributed by atoms with van der Waals surface area (Å²) in [6.07, 6.45) is 7.08. The van der Waals surface area contributed by atoms with E-state index >= 15 is 0 Å². The number of carbonyl (C=O) groups is 2. The van der Waals surface area contributed by atoms with Crippen LogP contribution in [0.1, 0.15) is 44.2 Å². The summed E-state index contributed by atoms with van der Waals surface area (Å²) in [5.74, 6) is 0.827. The minimum atomic E-state index is 0.0200. The van der Waals surface area contributed by atoms with Gasteiger partial charge >= 0.3 is 0 Å². The van der Waals surface area contributed by atoms with Gasteiger partial charge in [0, 0.05) is 44.7 Å². The molecular weight excluding hydrogens is 330 g/mol. The fourth-order valence-electron chi connectivity index (χ4n) is 4.57. The van der Waals surface area contributed by atoms with Crippen LogP contribution in [0.2, 0.25) is 0 Å². The topological polar surface area (TPSA) is 61.7 Å². The molecule has 1 saturated heterocycles. The molecule has 7 heteroatoms. The zero-order valence-corrected chi connectivity index (χ0v) is 15.7. The van der Waals surface area contributed by atoms with Gasteiger partial charge in [-0.1, -0.05) is 19.3 Å². The summed E-state index contributed by atoms with van der Waals surface area (Å²) < 4.78 is 1.84. The molecule has 0 N–H and O–H groups in total. The monoisotopic (exact) mass is 359 g/mol. The third-order valence-electron chi connectivity index (χ3n) is 6.05. The lowest BCUT2D eigenvalue weighted by Crippen LogP contribution is -2.54. The van der Waals surface area contributed by atoms with Crippen molar-refractivity contribution < 1.29 is 9.59 Å². The number of nitrogens with zero attached hydrogens (tertiary/aromatic N) is 5. The Morgan fingerprint density at radius 3 is 2.58 bits per heavy atom. The van der Waals surface area contributed by atoms with E-state index in [0.717, 1.165) is 37.7 Å². The number of fused-ring (bicyclic) bond motifs is 1. The average molecular weight is 359 g/mol. The highest BCUT2D eigenvalue weighted by molar-refractivity contribution is 5.99. The summed E-state index contributed by atoms with van der Waals surface area (Å²) in [7, 11) is 0. The molecule has 4 rings (SSSR count). The van der Waals surface area contributed by atoms with Gasteiger partial charge in [-0.2, -0.15) is 5.10 Å². The number of amides is 2. The fourth-order valence-corrected chi connectivity index (χ4v) is 4.57. The van der Waals surface area contributed by atoms with Crippen LogP contribution in [0.5, 0.6) is 0 Å². The Morgan fingerprint density at radius 1 is 1.12 bits per heavy atom. The number of aromatic nitrogens is 2. The molecule has 26 heavy (non-hydrogen) atoms. The van der Waals surface area contributed by atoms with Crippen LogP contribution in [-0.2, 0) is 16.1 Å². The molecule has 2 fully saturated rings. The van der Waals surface area contributed by atoms with Crippen LogP contribution in [0.15, 0.2) is 6.07 Å². The van der Waals surface area contributed by atoms with Gasteiger partial charge in [-0.05, 0) is 19.8 Å². The maximum Gasteiger partial charge on any atom is 0.242 e. The summed E-state index contributed by atoms with van der Waals surface area (Å²) in [6.45, 7) is 6.12. The molecule has 1 aromatic rings. The molecule has 2 aliphatic heterocycles. The molecule has 1 aliphatic carbocycles. The number of rotatable bonds is 3. The van der Waals surface area contributed by atoms with Gasteiger partial charge in [0.25, 0.3) is 0 Å². The Kier molecular flexibility index (Phi) is 4.98. The number of aryl methyl sites for hydroxylation is 2.